The fourth-order valence-corrected chi connectivity index (χ4v) is 5.98. The van der Waals surface area contributed by atoms with Gasteiger partial charge in [0.1, 0.15) is 12.6 Å². The van der Waals surface area contributed by atoms with Crippen molar-refractivity contribution in [1.82, 2.24) is 0 Å². The molecule has 6 atom stereocenters. The van der Waals surface area contributed by atoms with Crippen LogP contribution in [0.3, 0.4) is 0 Å². The molecule has 0 aromatic carbocycles. The second-order valence-electron chi connectivity index (χ2n) is 8.94. The van der Waals surface area contributed by atoms with E-state index in [1.165, 1.54) is 7.11 Å². The molecule has 2 fully saturated rings. The number of Topliss-reactive ketones (excluding diaryl/α,β-unsaturated/α-hetero) is 1. The van der Waals surface area contributed by atoms with Crippen LogP contribution in [0.1, 0.15) is 46.5 Å². The van der Waals surface area contributed by atoms with Crippen LogP contribution in [0.2, 0.25) is 0 Å². The van der Waals surface area contributed by atoms with Gasteiger partial charge in [-0.3, -0.25) is 9.59 Å². The van der Waals surface area contributed by atoms with Crippen LogP contribution in [0.25, 0.3) is 0 Å². The molecule has 0 radical (unpaired) electrons. The molecule has 26 heavy (non-hydrogen) atoms. The van der Waals surface area contributed by atoms with E-state index in [1.54, 1.807) is 7.11 Å². The number of carbonyl (C=O) groups excluding carboxylic acids is 2. The Kier molecular flexibility index (Phi) is 5.33. The molecule has 0 heterocycles. The van der Waals surface area contributed by atoms with Crippen molar-refractivity contribution in [3.63, 3.8) is 0 Å². The number of ether oxygens (including phenoxy) is 3. The molecule has 0 bridgehead atoms. The molecule has 2 saturated carbocycles. The molecule has 0 aliphatic heterocycles. The van der Waals surface area contributed by atoms with Gasteiger partial charge in [-0.1, -0.05) is 32.9 Å². The molecule has 0 aromatic heterocycles. The number of rotatable bonds is 4. The summed E-state index contributed by atoms with van der Waals surface area (Å²) in [6.07, 6.45) is 7.45. The zero-order chi connectivity index (χ0) is 19.1. The monoisotopic (exact) mass is 364 g/mol. The first-order chi connectivity index (χ1) is 12.3. The van der Waals surface area contributed by atoms with E-state index in [2.05, 4.69) is 32.9 Å². The number of carbonyl (C=O) groups is 2. The Bertz CT molecular complexity index is 595. The molecule has 0 amide bonds. The minimum absolute atomic E-state index is 0.0482. The number of methoxy groups -OCH3 is 2. The van der Waals surface area contributed by atoms with Crippen molar-refractivity contribution in [1.29, 1.82) is 0 Å². The molecule has 0 spiro atoms. The van der Waals surface area contributed by atoms with Gasteiger partial charge in [-0.15, -0.1) is 0 Å². The fraction of sp³-hybridized carbons (Fsp3) is 0.810. The van der Waals surface area contributed by atoms with Crippen molar-refractivity contribution < 1.29 is 23.8 Å². The molecule has 0 saturated heterocycles. The highest BCUT2D eigenvalue weighted by atomic mass is 16.7. The second-order valence-corrected chi connectivity index (χ2v) is 8.94. The molecule has 146 valence electrons. The lowest BCUT2D eigenvalue weighted by Crippen LogP contribution is -2.57. The summed E-state index contributed by atoms with van der Waals surface area (Å²) in [5.74, 6) is 0.665. The summed E-state index contributed by atoms with van der Waals surface area (Å²) in [6.45, 7) is 6.67. The van der Waals surface area contributed by atoms with E-state index in [0.29, 0.717) is 18.1 Å². The quantitative estimate of drug-likeness (QED) is 0.435. The number of allylic oxidation sites excluding steroid dienone is 1. The van der Waals surface area contributed by atoms with Gasteiger partial charge in [0.2, 0.25) is 0 Å². The van der Waals surface area contributed by atoms with E-state index in [1.807, 2.05) is 0 Å². The number of ketones is 1. The van der Waals surface area contributed by atoms with Crippen LogP contribution in [-0.4, -0.2) is 38.9 Å². The van der Waals surface area contributed by atoms with Crippen LogP contribution in [0, 0.1) is 34.5 Å². The van der Waals surface area contributed by atoms with Gasteiger partial charge in [0.05, 0.1) is 19.1 Å². The van der Waals surface area contributed by atoms with Crippen molar-refractivity contribution in [2.45, 2.75) is 52.6 Å². The average molecular weight is 364 g/mol. The molecule has 3 rings (SSSR count). The molecule has 0 unspecified atom stereocenters. The van der Waals surface area contributed by atoms with Gasteiger partial charge < -0.3 is 14.2 Å². The summed E-state index contributed by atoms with van der Waals surface area (Å²) in [4.78, 5) is 24.8. The predicted molar refractivity (Wildman–Crippen MR) is 97.2 cm³/mol. The maximum atomic E-state index is 12.5. The van der Waals surface area contributed by atoms with Crippen LogP contribution >= 0.6 is 0 Å². The predicted octanol–water partition coefficient (Wildman–Crippen LogP) is 3.37. The summed E-state index contributed by atoms with van der Waals surface area (Å²) in [5, 5.41) is 0. The van der Waals surface area contributed by atoms with E-state index in [9.17, 15) is 9.59 Å². The minimum Gasteiger partial charge on any atom is -0.469 e. The molecular formula is C21H32O5. The van der Waals surface area contributed by atoms with Gasteiger partial charge in [-0.25, -0.2) is 0 Å². The first-order valence-corrected chi connectivity index (χ1v) is 9.67. The highest BCUT2D eigenvalue weighted by Gasteiger charge is 2.59. The van der Waals surface area contributed by atoms with Crippen molar-refractivity contribution >= 4 is 11.8 Å². The van der Waals surface area contributed by atoms with Gasteiger partial charge >= 0.3 is 5.97 Å². The minimum atomic E-state index is -0.337. The standard InChI is InChI=1S/C21H32O5/c1-20(2)16-9-7-13-15(21(16,3)11-10-17(20)22)8-6-14(19(23)25-5)18(13)26-12-24-4/h7,9,13-16,18H,6,8,10-12H2,1-5H3/t13-,14-,15-,16-,18+,21+/m0/s1. The van der Waals surface area contributed by atoms with E-state index in [0.717, 1.165) is 19.3 Å². The molecule has 5 nitrogen and oxygen atoms in total. The zero-order valence-corrected chi connectivity index (χ0v) is 16.6. The third kappa shape index (κ3) is 2.93. The number of esters is 1. The average Bonchev–Trinajstić information content (AvgIpc) is 2.62. The molecule has 3 aliphatic rings. The number of hydrogen-bond donors (Lipinski definition) is 0. The number of fused-ring (bicyclic) bond motifs is 3. The third-order valence-corrected chi connectivity index (χ3v) is 7.38. The fourth-order valence-electron chi connectivity index (χ4n) is 5.98. The first-order valence-electron chi connectivity index (χ1n) is 9.67. The summed E-state index contributed by atoms with van der Waals surface area (Å²) in [7, 11) is 3.03. The molecule has 5 heteroatoms. The topological polar surface area (TPSA) is 61.8 Å². The highest BCUT2D eigenvalue weighted by Crippen LogP contribution is 2.61. The van der Waals surface area contributed by atoms with Crippen LogP contribution in [0.4, 0.5) is 0 Å². The summed E-state index contributed by atoms with van der Waals surface area (Å²) < 4.78 is 16.1. The Morgan fingerprint density at radius 1 is 1.19 bits per heavy atom. The summed E-state index contributed by atoms with van der Waals surface area (Å²) in [6, 6.07) is 0. The SMILES string of the molecule is COCO[C@@H]1[C@H]2C=C[C@H]3C(C)(C)C(=O)CC[C@]3(C)[C@H]2CC[C@@H]1C(=O)OC. The Morgan fingerprint density at radius 2 is 1.92 bits per heavy atom. The summed E-state index contributed by atoms with van der Waals surface area (Å²) >= 11 is 0. The van der Waals surface area contributed by atoms with Crippen LogP contribution < -0.4 is 0 Å². The molecule has 3 aliphatic carbocycles. The first kappa shape index (κ1) is 19.6. The van der Waals surface area contributed by atoms with E-state index < -0.39 is 0 Å². The Hall–Kier alpha value is -1.20. The van der Waals surface area contributed by atoms with Gasteiger partial charge in [0.25, 0.3) is 0 Å². The van der Waals surface area contributed by atoms with Crippen molar-refractivity contribution in [2.24, 2.45) is 34.5 Å². The molecular weight excluding hydrogens is 332 g/mol. The largest absolute Gasteiger partial charge is 0.469 e. The Labute approximate surface area is 156 Å². The second kappa shape index (κ2) is 7.08. The van der Waals surface area contributed by atoms with Crippen molar-refractivity contribution in [3.8, 4) is 0 Å². The highest BCUT2D eigenvalue weighted by molar-refractivity contribution is 5.86. The lowest BCUT2D eigenvalue weighted by molar-refractivity contribution is -0.178. The van der Waals surface area contributed by atoms with E-state index >= 15 is 0 Å². The van der Waals surface area contributed by atoms with Crippen LogP contribution in [0.15, 0.2) is 12.2 Å². The normalized spacial score (nSPS) is 41.3. The zero-order valence-electron chi connectivity index (χ0n) is 16.6. The lowest BCUT2D eigenvalue weighted by Gasteiger charge is -2.59. The summed E-state index contributed by atoms with van der Waals surface area (Å²) in [5.41, 5.74) is -0.289. The van der Waals surface area contributed by atoms with Gasteiger partial charge in [0, 0.05) is 24.9 Å². The van der Waals surface area contributed by atoms with E-state index in [4.69, 9.17) is 14.2 Å². The smallest absolute Gasteiger partial charge is 0.311 e. The maximum absolute atomic E-state index is 12.5. The van der Waals surface area contributed by atoms with Gasteiger partial charge in [0.15, 0.2) is 0 Å². The molecule has 0 N–H and O–H groups in total. The Balaban J connectivity index is 1.96. The van der Waals surface area contributed by atoms with Crippen molar-refractivity contribution in [2.75, 3.05) is 21.0 Å². The lowest BCUT2D eigenvalue weighted by atomic mass is 9.45. The maximum Gasteiger partial charge on any atom is 0.311 e. The number of hydrogen-bond acceptors (Lipinski definition) is 5. The van der Waals surface area contributed by atoms with E-state index in [-0.39, 0.29) is 47.4 Å². The van der Waals surface area contributed by atoms with Crippen LogP contribution in [0.5, 0.6) is 0 Å². The Morgan fingerprint density at radius 3 is 2.58 bits per heavy atom. The van der Waals surface area contributed by atoms with Gasteiger partial charge in [-0.2, -0.15) is 0 Å². The van der Waals surface area contributed by atoms with Crippen LogP contribution in [-0.2, 0) is 23.8 Å². The molecule has 0 aromatic rings. The third-order valence-electron chi connectivity index (χ3n) is 7.38. The van der Waals surface area contributed by atoms with Crippen molar-refractivity contribution in [3.05, 3.63) is 12.2 Å². The van der Waals surface area contributed by atoms with Gasteiger partial charge in [-0.05, 0) is 36.5 Å².